The standard InChI is InChI=1S/C17H14ClN3O3/c1-22-15-5-3-2-4-13(15)11-8-12(10-20-21-19)16(14(18)9-11)17-23-6-7-24-17/h2-9,17H,10H2,1H3. The molecule has 1 heterocycles. The molecule has 0 bridgehead atoms. The zero-order valence-electron chi connectivity index (χ0n) is 12.8. The smallest absolute Gasteiger partial charge is 0.268 e. The zero-order valence-corrected chi connectivity index (χ0v) is 13.6. The molecule has 0 amide bonds. The lowest BCUT2D eigenvalue weighted by Crippen LogP contribution is -2.04. The molecule has 0 spiro atoms. The number of halogens is 1. The third-order valence-corrected chi connectivity index (χ3v) is 3.95. The van der Waals surface area contributed by atoms with E-state index in [0.717, 1.165) is 22.4 Å². The summed E-state index contributed by atoms with van der Waals surface area (Å²) in [5.74, 6) is 0.728. The van der Waals surface area contributed by atoms with Crippen LogP contribution in [0, 0.1) is 0 Å². The minimum absolute atomic E-state index is 0.137. The van der Waals surface area contributed by atoms with E-state index in [-0.39, 0.29) is 6.54 Å². The highest BCUT2D eigenvalue weighted by molar-refractivity contribution is 6.31. The SMILES string of the molecule is COc1ccccc1-c1cc(Cl)c(C2OC=CO2)c(CN=[N+]=[N-])c1. The largest absolute Gasteiger partial charge is 0.496 e. The van der Waals surface area contributed by atoms with E-state index >= 15 is 0 Å². The van der Waals surface area contributed by atoms with Gasteiger partial charge in [0.25, 0.3) is 6.29 Å². The third-order valence-electron chi connectivity index (χ3n) is 3.63. The second-order valence-electron chi connectivity index (χ2n) is 5.00. The van der Waals surface area contributed by atoms with Gasteiger partial charge in [0.1, 0.15) is 18.3 Å². The summed E-state index contributed by atoms with van der Waals surface area (Å²) in [7, 11) is 1.61. The highest BCUT2D eigenvalue weighted by Crippen LogP contribution is 2.39. The zero-order chi connectivity index (χ0) is 16.9. The lowest BCUT2D eigenvalue weighted by molar-refractivity contribution is -0.0251. The maximum atomic E-state index is 8.65. The lowest BCUT2D eigenvalue weighted by atomic mass is 9.98. The van der Waals surface area contributed by atoms with Crippen LogP contribution in [0.4, 0.5) is 0 Å². The summed E-state index contributed by atoms with van der Waals surface area (Å²) >= 11 is 6.48. The van der Waals surface area contributed by atoms with Gasteiger partial charge in [0.2, 0.25) is 0 Å². The average Bonchev–Trinajstić information content (AvgIpc) is 3.13. The summed E-state index contributed by atoms with van der Waals surface area (Å²) in [6, 6.07) is 11.3. The molecule has 122 valence electrons. The fraction of sp³-hybridized carbons (Fsp3) is 0.176. The molecule has 2 aromatic carbocycles. The molecule has 24 heavy (non-hydrogen) atoms. The Morgan fingerprint density at radius 3 is 2.71 bits per heavy atom. The Balaban J connectivity index is 2.12. The van der Waals surface area contributed by atoms with Crippen molar-refractivity contribution in [3.63, 3.8) is 0 Å². The second-order valence-corrected chi connectivity index (χ2v) is 5.40. The summed E-state index contributed by atoms with van der Waals surface area (Å²) in [6.45, 7) is 0.137. The molecule has 1 aliphatic heterocycles. The van der Waals surface area contributed by atoms with E-state index in [4.69, 9.17) is 31.3 Å². The van der Waals surface area contributed by atoms with Crippen LogP contribution < -0.4 is 4.74 Å². The lowest BCUT2D eigenvalue weighted by Gasteiger charge is -2.18. The van der Waals surface area contributed by atoms with Crippen LogP contribution in [-0.4, -0.2) is 7.11 Å². The van der Waals surface area contributed by atoms with Crippen LogP contribution >= 0.6 is 11.6 Å². The minimum Gasteiger partial charge on any atom is -0.496 e. The molecular weight excluding hydrogens is 330 g/mol. The molecule has 3 rings (SSSR count). The first kappa shape index (κ1) is 16.1. The van der Waals surface area contributed by atoms with Crippen LogP contribution in [-0.2, 0) is 16.0 Å². The van der Waals surface area contributed by atoms with E-state index in [1.54, 1.807) is 7.11 Å². The van der Waals surface area contributed by atoms with Gasteiger partial charge in [-0.25, -0.2) is 0 Å². The topological polar surface area (TPSA) is 76.5 Å². The molecule has 0 unspecified atom stereocenters. The van der Waals surface area contributed by atoms with Crippen LogP contribution in [0.3, 0.4) is 0 Å². The van der Waals surface area contributed by atoms with Crippen LogP contribution in [0.25, 0.3) is 21.6 Å². The molecule has 0 fully saturated rings. The predicted molar refractivity (Wildman–Crippen MR) is 90.3 cm³/mol. The van der Waals surface area contributed by atoms with Gasteiger partial charge in [0, 0.05) is 10.5 Å². The van der Waals surface area contributed by atoms with Crippen LogP contribution in [0.15, 0.2) is 54.0 Å². The van der Waals surface area contributed by atoms with Crippen molar-refractivity contribution >= 4 is 11.6 Å². The van der Waals surface area contributed by atoms with Crippen molar-refractivity contribution in [2.45, 2.75) is 12.8 Å². The van der Waals surface area contributed by atoms with Crippen molar-refractivity contribution in [1.82, 2.24) is 0 Å². The van der Waals surface area contributed by atoms with Gasteiger partial charge in [-0.1, -0.05) is 41.0 Å². The number of nitrogens with zero attached hydrogens (tertiary/aromatic N) is 3. The van der Waals surface area contributed by atoms with E-state index in [2.05, 4.69) is 10.0 Å². The van der Waals surface area contributed by atoms with Crippen LogP contribution in [0.2, 0.25) is 5.02 Å². The Hall–Kier alpha value is -2.82. The quantitative estimate of drug-likeness (QED) is 0.417. The van der Waals surface area contributed by atoms with Gasteiger partial charge >= 0.3 is 0 Å². The van der Waals surface area contributed by atoms with Crippen LogP contribution in [0.5, 0.6) is 5.75 Å². The van der Waals surface area contributed by atoms with Gasteiger partial charge in [-0.2, -0.15) is 0 Å². The van der Waals surface area contributed by atoms with Crippen molar-refractivity contribution in [2.75, 3.05) is 7.11 Å². The second kappa shape index (κ2) is 7.17. The Morgan fingerprint density at radius 2 is 2.00 bits per heavy atom. The molecule has 0 atom stereocenters. The van der Waals surface area contributed by atoms with Gasteiger partial charge in [-0.3, -0.25) is 0 Å². The first-order valence-electron chi connectivity index (χ1n) is 7.17. The average molecular weight is 344 g/mol. The molecule has 0 aliphatic carbocycles. The predicted octanol–water partition coefficient (Wildman–Crippen LogP) is 5.34. The maximum absolute atomic E-state index is 8.65. The number of azide groups is 1. The van der Waals surface area contributed by atoms with E-state index in [0.29, 0.717) is 10.6 Å². The molecular formula is C17H14ClN3O3. The molecule has 6 nitrogen and oxygen atoms in total. The normalized spacial score (nSPS) is 13.1. The Labute approximate surface area is 143 Å². The van der Waals surface area contributed by atoms with E-state index in [1.807, 2.05) is 36.4 Å². The fourth-order valence-corrected chi connectivity index (χ4v) is 2.92. The van der Waals surface area contributed by atoms with Crippen LogP contribution in [0.1, 0.15) is 17.4 Å². The molecule has 0 radical (unpaired) electrons. The first-order valence-corrected chi connectivity index (χ1v) is 7.55. The first-order chi connectivity index (χ1) is 11.7. The highest BCUT2D eigenvalue weighted by atomic mass is 35.5. The maximum Gasteiger partial charge on any atom is 0.268 e. The summed E-state index contributed by atoms with van der Waals surface area (Å²) in [6.07, 6.45) is 2.26. The van der Waals surface area contributed by atoms with Gasteiger partial charge in [0.15, 0.2) is 0 Å². The van der Waals surface area contributed by atoms with E-state index < -0.39 is 6.29 Å². The molecule has 2 aromatic rings. The van der Waals surface area contributed by atoms with Crippen molar-refractivity contribution in [2.24, 2.45) is 5.11 Å². The van der Waals surface area contributed by atoms with E-state index in [9.17, 15) is 0 Å². The number of methoxy groups -OCH3 is 1. The monoisotopic (exact) mass is 343 g/mol. The number of hydrogen-bond donors (Lipinski definition) is 0. The minimum atomic E-state index is -0.645. The summed E-state index contributed by atoms with van der Waals surface area (Å²) in [4.78, 5) is 2.82. The molecule has 0 saturated carbocycles. The summed E-state index contributed by atoms with van der Waals surface area (Å²) in [5.41, 5.74) is 11.8. The van der Waals surface area contributed by atoms with Gasteiger partial charge in [-0.05, 0) is 28.8 Å². The van der Waals surface area contributed by atoms with Crippen molar-refractivity contribution < 1.29 is 14.2 Å². The molecule has 0 N–H and O–H groups in total. The van der Waals surface area contributed by atoms with Crippen molar-refractivity contribution in [3.8, 4) is 16.9 Å². The third kappa shape index (κ3) is 3.11. The van der Waals surface area contributed by atoms with Gasteiger partial charge in [0.05, 0.1) is 24.2 Å². The number of benzene rings is 2. The Bertz CT molecular complexity index is 824. The molecule has 0 aromatic heterocycles. The van der Waals surface area contributed by atoms with Crippen molar-refractivity contribution in [3.05, 3.63) is 75.5 Å². The van der Waals surface area contributed by atoms with E-state index in [1.165, 1.54) is 12.5 Å². The van der Waals surface area contributed by atoms with Gasteiger partial charge < -0.3 is 14.2 Å². The molecule has 1 aliphatic rings. The highest BCUT2D eigenvalue weighted by Gasteiger charge is 2.24. The van der Waals surface area contributed by atoms with Gasteiger partial charge in [-0.15, -0.1) is 0 Å². The number of para-hydroxylation sites is 1. The fourth-order valence-electron chi connectivity index (χ4n) is 2.59. The number of hydrogen-bond acceptors (Lipinski definition) is 4. The number of ether oxygens (including phenoxy) is 3. The summed E-state index contributed by atoms with van der Waals surface area (Å²) < 4.78 is 16.2. The number of rotatable bonds is 5. The Kier molecular flexibility index (Phi) is 4.79. The molecule has 7 heteroatoms. The van der Waals surface area contributed by atoms with Crippen molar-refractivity contribution in [1.29, 1.82) is 0 Å². The summed E-state index contributed by atoms with van der Waals surface area (Å²) in [5, 5.41) is 4.12. The molecule has 0 saturated heterocycles. The Morgan fingerprint density at radius 1 is 1.25 bits per heavy atom.